The third-order valence-electron chi connectivity index (χ3n) is 9.42. The van der Waals surface area contributed by atoms with Gasteiger partial charge in [-0.25, -0.2) is 0 Å². The molecule has 3 aromatic carbocycles. The van der Waals surface area contributed by atoms with Crippen molar-refractivity contribution in [3.8, 4) is 0 Å². The highest BCUT2D eigenvalue weighted by Crippen LogP contribution is 2.65. The normalized spacial score (nSPS) is 30.7. The van der Waals surface area contributed by atoms with Crippen LogP contribution in [0.4, 0.5) is 5.69 Å². The van der Waals surface area contributed by atoms with Crippen LogP contribution in [0.5, 0.6) is 0 Å². The Bertz CT molecular complexity index is 1660. The van der Waals surface area contributed by atoms with E-state index in [1.165, 1.54) is 11.8 Å². The number of benzene rings is 3. The van der Waals surface area contributed by atoms with E-state index in [2.05, 4.69) is 0 Å². The molecule has 0 saturated carbocycles. The minimum Gasteiger partial charge on any atom is -0.465 e. The lowest BCUT2D eigenvalue weighted by Gasteiger charge is -2.40. The lowest BCUT2D eigenvalue weighted by Crippen LogP contribution is -2.57. The topological polar surface area (TPSA) is 87.1 Å². The van der Waals surface area contributed by atoms with Crippen molar-refractivity contribution in [2.75, 3.05) is 24.7 Å². The van der Waals surface area contributed by atoms with E-state index in [0.717, 1.165) is 22.0 Å². The second-order valence-corrected chi connectivity index (χ2v) is 13.8. The van der Waals surface area contributed by atoms with Crippen LogP contribution in [0.2, 0.25) is 0 Å². The molecule has 43 heavy (non-hydrogen) atoms. The number of likely N-dealkylation sites (tertiary alicyclic amines) is 1. The molecule has 8 heteroatoms. The Morgan fingerprint density at radius 2 is 1.70 bits per heavy atom. The van der Waals surface area contributed by atoms with Crippen LogP contribution in [-0.2, 0) is 25.5 Å². The SMILES string of the molecule is C[C@]12C=CCCOC(=O)[C@H]1[C@H]1C(=O)N([C@@H](CO)Cc3ccccc3)C3C(=O)N(c4ccc5ccccc5c4)CC=C[C@@]31S2. The Balaban J connectivity index is 1.37. The molecule has 3 aromatic rings. The summed E-state index contributed by atoms with van der Waals surface area (Å²) in [6, 6.07) is 22.1. The molecule has 6 atom stereocenters. The molecular formula is C35H34N2O5S. The number of esters is 1. The van der Waals surface area contributed by atoms with Crippen LogP contribution in [0.25, 0.3) is 10.8 Å². The van der Waals surface area contributed by atoms with Gasteiger partial charge in [-0.15, -0.1) is 11.8 Å². The first-order chi connectivity index (χ1) is 20.9. The van der Waals surface area contributed by atoms with Gasteiger partial charge in [-0.3, -0.25) is 14.4 Å². The fourth-order valence-electron chi connectivity index (χ4n) is 7.53. The molecule has 7 nitrogen and oxygen atoms in total. The summed E-state index contributed by atoms with van der Waals surface area (Å²) >= 11 is 1.52. The summed E-state index contributed by atoms with van der Waals surface area (Å²) in [7, 11) is 0. The van der Waals surface area contributed by atoms with Gasteiger partial charge in [-0.2, -0.15) is 0 Å². The molecule has 4 aliphatic rings. The second-order valence-electron chi connectivity index (χ2n) is 12.0. The summed E-state index contributed by atoms with van der Waals surface area (Å²) in [5.74, 6) is -2.50. The second kappa shape index (κ2) is 10.7. The van der Waals surface area contributed by atoms with Crippen molar-refractivity contribution in [1.29, 1.82) is 0 Å². The van der Waals surface area contributed by atoms with Gasteiger partial charge in [0.25, 0.3) is 5.91 Å². The number of thioether (sulfide) groups is 1. The molecule has 2 saturated heterocycles. The molecule has 7 rings (SSSR count). The molecule has 0 aliphatic carbocycles. The maximum Gasteiger partial charge on any atom is 0.311 e. The van der Waals surface area contributed by atoms with Gasteiger partial charge >= 0.3 is 5.97 Å². The molecule has 0 bridgehead atoms. The summed E-state index contributed by atoms with van der Waals surface area (Å²) in [5, 5.41) is 12.8. The Labute approximate surface area is 255 Å². The van der Waals surface area contributed by atoms with E-state index in [9.17, 15) is 19.5 Å². The summed E-state index contributed by atoms with van der Waals surface area (Å²) in [6.45, 7) is 2.25. The highest BCUT2D eigenvalue weighted by Gasteiger charge is 2.74. The Morgan fingerprint density at radius 3 is 2.49 bits per heavy atom. The molecule has 0 radical (unpaired) electrons. The number of carbonyl (C=O) groups is 3. The van der Waals surface area contributed by atoms with Crippen molar-refractivity contribution in [3.63, 3.8) is 0 Å². The maximum atomic E-state index is 14.9. The average Bonchev–Trinajstić information content (AvgIpc) is 3.34. The lowest BCUT2D eigenvalue weighted by molar-refractivity contribution is -0.154. The summed E-state index contributed by atoms with van der Waals surface area (Å²) in [4.78, 5) is 46.6. The zero-order chi connectivity index (χ0) is 29.8. The molecule has 4 heterocycles. The highest BCUT2D eigenvalue weighted by atomic mass is 32.2. The predicted molar refractivity (Wildman–Crippen MR) is 168 cm³/mol. The van der Waals surface area contributed by atoms with Crippen molar-refractivity contribution in [1.82, 2.24) is 4.90 Å². The van der Waals surface area contributed by atoms with Crippen LogP contribution in [0.3, 0.4) is 0 Å². The monoisotopic (exact) mass is 594 g/mol. The van der Waals surface area contributed by atoms with Gasteiger partial charge in [0.05, 0.1) is 35.8 Å². The van der Waals surface area contributed by atoms with E-state index >= 15 is 0 Å². The number of hydrogen-bond acceptors (Lipinski definition) is 6. The fraction of sp³-hybridized carbons (Fsp3) is 0.343. The number of nitrogens with zero attached hydrogens (tertiary/aromatic N) is 2. The smallest absolute Gasteiger partial charge is 0.311 e. The number of hydrogen-bond donors (Lipinski definition) is 1. The van der Waals surface area contributed by atoms with Crippen molar-refractivity contribution in [3.05, 3.63) is 103 Å². The van der Waals surface area contributed by atoms with Crippen LogP contribution in [0.15, 0.2) is 97.1 Å². The molecule has 2 fully saturated rings. The molecular weight excluding hydrogens is 560 g/mol. The number of amides is 2. The number of cyclic esters (lactones) is 1. The fourth-order valence-corrected chi connectivity index (χ4v) is 9.67. The molecule has 1 spiro atoms. The number of aliphatic hydroxyl groups is 1. The molecule has 2 amide bonds. The van der Waals surface area contributed by atoms with Gasteiger partial charge in [0, 0.05) is 17.0 Å². The number of carbonyl (C=O) groups excluding carboxylic acids is 3. The van der Waals surface area contributed by atoms with Gasteiger partial charge in [0.2, 0.25) is 5.91 Å². The Hall–Kier alpha value is -3.88. The third kappa shape index (κ3) is 4.42. The van der Waals surface area contributed by atoms with E-state index in [1.54, 1.807) is 9.80 Å². The molecule has 4 aliphatic heterocycles. The van der Waals surface area contributed by atoms with Crippen LogP contribution < -0.4 is 4.90 Å². The zero-order valence-electron chi connectivity index (χ0n) is 24.0. The Kier molecular flexibility index (Phi) is 6.94. The van der Waals surface area contributed by atoms with Crippen LogP contribution in [0, 0.1) is 11.8 Å². The van der Waals surface area contributed by atoms with Crippen molar-refractivity contribution >= 4 is 46.0 Å². The molecule has 1 unspecified atom stereocenters. The van der Waals surface area contributed by atoms with Gasteiger partial charge in [-0.1, -0.05) is 85.0 Å². The number of rotatable bonds is 5. The van der Waals surface area contributed by atoms with E-state index in [1.807, 2.05) is 104 Å². The average molecular weight is 595 g/mol. The van der Waals surface area contributed by atoms with Crippen LogP contribution >= 0.6 is 11.8 Å². The highest BCUT2D eigenvalue weighted by molar-refractivity contribution is 8.02. The molecule has 220 valence electrons. The van der Waals surface area contributed by atoms with Crippen molar-refractivity contribution in [2.24, 2.45) is 11.8 Å². The minimum atomic E-state index is -1.02. The summed E-state index contributed by atoms with van der Waals surface area (Å²) in [6.07, 6.45) is 8.99. The zero-order valence-corrected chi connectivity index (χ0v) is 24.8. The number of aliphatic hydroxyl groups excluding tert-OH is 1. The largest absolute Gasteiger partial charge is 0.465 e. The van der Waals surface area contributed by atoms with Crippen LogP contribution in [-0.4, -0.2) is 69.1 Å². The van der Waals surface area contributed by atoms with Gasteiger partial charge in [0.1, 0.15) is 6.04 Å². The number of ether oxygens (including phenoxy) is 1. The lowest BCUT2D eigenvalue weighted by atomic mass is 9.74. The Morgan fingerprint density at radius 1 is 0.930 bits per heavy atom. The number of anilines is 1. The van der Waals surface area contributed by atoms with Gasteiger partial charge in [0.15, 0.2) is 0 Å². The van der Waals surface area contributed by atoms with Gasteiger partial charge < -0.3 is 19.6 Å². The molecule has 0 aromatic heterocycles. The van der Waals surface area contributed by atoms with Crippen LogP contribution in [0.1, 0.15) is 18.9 Å². The minimum absolute atomic E-state index is 0.217. The first-order valence-electron chi connectivity index (χ1n) is 14.9. The van der Waals surface area contributed by atoms with E-state index < -0.39 is 39.4 Å². The third-order valence-corrected chi connectivity index (χ3v) is 11.2. The van der Waals surface area contributed by atoms with E-state index in [-0.39, 0.29) is 25.0 Å². The molecule has 1 N–H and O–H groups in total. The maximum absolute atomic E-state index is 14.9. The standard InChI is InChI=1S/C35H34N2O5S/c1-34-16-7-8-19-42-33(41)29(34)28-31(39)37(27(22-38)20-23-10-3-2-4-11-23)30-32(40)36(18-9-17-35(28,30)43-34)26-15-14-24-12-5-6-13-25(24)21-26/h2-7,9-17,21,27-30,38H,8,18-20,22H2,1H3/t27-,28+,29-,30?,34+,35+/m1/s1. The van der Waals surface area contributed by atoms with Gasteiger partial charge in [-0.05, 0) is 48.2 Å². The predicted octanol–water partition coefficient (Wildman–Crippen LogP) is 4.54. The van der Waals surface area contributed by atoms with E-state index in [4.69, 9.17) is 4.74 Å². The number of fused-ring (bicyclic) bond motifs is 3. The summed E-state index contributed by atoms with van der Waals surface area (Å²) in [5.41, 5.74) is 1.69. The first kappa shape index (κ1) is 27.9. The van der Waals surface area contributed by atoms with Crippen molar-refractivity contribution < 1.29 is 24.2 Å². The van der Waals surface area contributed by atoms with E-state index in [0.29, 0.717) is 19.4 Å². The van der Waals surface area contributed by atoms with Crippen molar-refractivity contribution in [2.45, 2.75) is 41.3 Å². The first-order valence-corrected chi connectivity index (χ1v) is 15.7. The quantitative estimate of drug-likeness (QED) is 0.345. The summed E-state index contributed by atoms with van der Waals surface area (Å²) < 4.78 is 3.91.